The fourth-order valence-corrected chi connectivity index (χ4v) is 6.94. The van der Waals surface area contributed by atoms with E-state index in [1.165, 1.54) is 0 Å². The number of nitrogens with zero attached hydrogens (tertiary/aromatic N) is 4. The van der Waals surface area contributed by atoms with Crippen molar-refractivity contribution in [1.82, 2.24) is 15.0 Å². The van der Waals surface area contributed by atoms with Crippen molar-refractivity contribution in [2.75, 3.05) is 27.2 Å². The summed E-state index contributed by atoms with van der Waals surface area (Å²) >= 11 is 1.54. The smallest absolute Gasteiger partial charge is 0.255 e. The molecule has 222 valence electrons. The van der Waals surface area contributed by atoms with Gasteiger partial charge in [0.15, 0.2) is 5.60 Å². The molecule has 1 aromatic carbocycles. The summed E-state index contributed by atoms with van der Waals surface area (Å²) in [6, 6.07) is 14.0. The second-order valence-electron chi connectivity index (χ2n) is 12.2. The molecule has 5 rings (SSSR count). The van der Waals surface area contributed by atoms with Crippen LogP contribution >= 0.6 is 11.3 Å². The van der Waals surface area contributed by atoms with Gasteiger partial charge in [-0.05, 0) is 67.2 Å². The van der Waals surface area contributed by atoms with E-state index >= 15 is 0 Å². The van der Waals surface area contributed by atoms with E-state index < -0.39 is 11.5 Å². The van der Waals surface area contributed by atoms with Crippen LogP contribution in [0, 0.1) is 5.92 Å². The number of aliphatic hydroxyl groups is 1. The predicted molar refractivity (Wildman–Crippen MR) is 167 cm³/mol. The fraction of sp³-hybridized carbons (Fsp3) is 0.455. The summed E-state index contributed by atoms with van der Waals surface area (Å²) in [5.74, 6) is 0.114. The second-order valence-corrected chi connectivity index (χ2v) is 12.9. The molecular weight excluding hydrogens is 546 g/mol. The van der Waals surface area contributed by atoms with E-state index in [1.807, 2.05) is 49.9 Å². The molecule has 1 amide bonds. The number of thiazole rings is 1. The Morgan fingerprint density at radius 1 is 1.17 bits per heavy atom. The Kier molecular flexibility index (Phi) is 9.20. The zero-order chi connectivity index (χ0) is 29.7. The Hall–Kier alpha value is -3.40. The van der Waals surface area contributed by atoms with Crippen molar-refractivity contribution in [1.29, 1.82) is 0 Å². The van der Waals surface area contributed by atoms with Gasteiger partial charge >= 0.3 is 0 Å². The first kappa shape index (κ1) is 30.1. The number of hydrogen-bond donors (Lipinski definition) is 2. The SMILES string of the molecule is CCCCc1cc2ccccc2c(OCC[N+](C)(C)[C@H]2CCC(Cc3ccc(-c4cscn4)nc3)C[C@@]2(O)C(N)=O)n1. The minimum absolute atomic E-state index is 0.128. The first-order valence-corrected chi connectivity index (χ1v) is 15.8. The number of fused-ring (bicyclic) bond motifs is 1. The largest absolute Gasteiger partial charge is 0.471 e. The molecule has 42 heavy (non-hydrogen) atoms. The van der Waals surface area contributed by atoms with Crippen LogP contribution in [0.5, 0.6) is 5.88 Å². The van der Waals surface area contributed by atoms with Gasteiger partial charge in [-0.2, -0.15) is 0 Å². The van der Waals surface area contributed by atoms with Gasteiger partial charge in [-0.25, -0.2) is 9.97 Å². The van der Waals surface area contributed by atoms with Crippen LogP contribution in [0.1, 0.15) is 50.3 Å². The Bertz CT molecular complexity index is 1490. The monoisotopic (exact) mass is 588 g/mol. The average molecular weight is 589 g/mol. The molecule has 1 unspecified atom stereocenters. The maximum absolute atomic E-state index is 12.8. The molecule has 1 aliphatic rings. The van der Waals surface area contributed by atoms with Crippen LogP contribution in [0.25, 0.3) is 22.2 Å². The van der Waals surface area contributed by atoms with Crippen molar-refractivity contribution in [2.24, 2.45) is 11.7 Å². The molecular formula is C33H42N5O3S+. The number of unbranched alkanes of at least 4 members (excludes halogenated alkanes) is 1. The summed E-state index contributed by atoms with van der Waals surface area (Å²) in [6.07, 6.45) is 7.62. The number of carbonyl (C=O) groups is 1. The number of pyridine rings is 2. The van der Waals surface area contributed by atoms with Crippen molar-refractivity contribution in [3.8, 4) is 17.3 Å². The van der Waals surface area contributed by atoms with Gasteiger partial charge in [-0.3, -0.25) is 9.78 Å². The molecule has 1 fully saturated rings. The number of nitrogens with two attached hydrogens (primary N) is 1. The van der Waals surface area contributed by atoms with E-state index in [4.69, 9.17) is 15.5 Å². The Morgan fingerprint density at radius 3 is 2.71 bits per heavy atom. The summed E-state index contributed by atoms with van der Waals surface area (Å²) in [5, 5.41) is 15.9. The number of primary amides is 1. The molecule has 3 heterocycles. The number of benzene rings is 1. The number of hydrogen-bond acceptors (Lipinski definition) is 7. The highest BCUT2D eigenvalue weighted by atomic mass is 32.1. The van der Waals surface area contributed by atoms with Crippen LogP contribution in [-0.4, -0.2) is 69.3 Å². The maximum atomic E-state index is 12.8. The normalized spacial score (nSPS) is 21.0. The van der Waals surface area contributed by atoms with Crippen LogP contribution in [0.3, 0.4) is 0 Å². The maximum Gasteiger partial charge on any atom is 0.255 e. The van der Waals surface area contributed by atoms with Crippen molar-refractivity contribution in [2.45, 2.75) is 63.5 Å². The average Bonchev–Trinajstić information content (AvgIpc) is 3.51. The minimum atomic E-state index is -1.61. The highest BCUT2D eigenvalue weighted by Gasteiger charge is 2.54. The number of amides is 1. The van der Waals surface area contributed by atoms with E-state index in [-0.39, 0.29) is 12.0 Å². The molecule has 0 aliphatic heterocycles. The van der Waals surface area contributed by atoms with E-state index in [2.05, 4.69) is 35.1 Å². The van der Waals surface area contributed by atoms with Gasteiger partial charge in [0.2, 0.25) is 5.88 Å². The number of rotatable bonds is 12. The summed E-state index contributed by atoms with van der Waals surface area (Å²) < 4.78 is 6.72. The first-order chi connectivity index (χ1) is 20.2. The van der Waals surface area contributed by atoms with Crippen molar-refractivity contribution in [3.63, 3.8) is 0 Å². The van der Waals surface area contributed by atoms with Crippen LogP contribution < -0.4 is 10.5 Å². The minimum Gasteiger partial charge on any atom is -0.471 e. The topological polar surface area (TPSA) is 111 Å². The van der Waals surface area contributed by atoms with Gasteiger partial charge < -0.3 is 20.1 Å². The van der Waals surface area contributed by atoms with Crippen molar-refractivity contribution < 1.29 is 19.1 Å². The molecule has 0 bridgehead atoms. The molecule has 0 spiro atoms. The lowest BCUT2D eigenvalue weighted by Crippen LogP contribution is -2.68. The lowest BCUT2D eigenvalue weighted by Gasteiger charge is -2.49. The van der Waals surface area contributed by atoms with Gasteiger partial charge in [0, 0.05) is 29.1 Å². The Labute approximate surface area is 252 Å². The zero-order valence-corrected chi connectivity index (χ0v) is 25.6. The van der Waals surface area contributed by atoms with Gasteiger partial charge in [-0.1, -0.05) is 37.6 Å². The Morgan fingerprint density at radius 2 is 2.00 bits per heavy atom. The molecule has 0 saturated heterocycles. The van der Waals surface area contributed by atoms with E-state index in [0.29, 0.717) is 36.4 Å². The lowest BCUT2D eigenvalue weighted by molar-refractivity contribution is -0.922. The zero-order valence-electron chi connectivity index (χ0n) is 24.8. The van der Waals surface area contributed by atoms with E-state index in [0.717, 1.165) is 65.5 Å². The van der Waals surface area contributed by atoms with Crippen LogP contribution in [-0.2, 0) is 17.6 Å². The second kappa shape index (κ2) is 12.9. The first-order valence-electron chi connectivity index (χ1n) is 14.9. The van der Waals surface area contributed by atoms with E-state index in [9.17, 15) is 9.90 Å². The lowest BCUT2D eigenvalue weighted by atomic mass is 9.71. The molecule has 3 N–H and O–H groups in total. The fourth-order valence-electron chi connectivity index (χ4n) is 6.40. The predicted octanol–water partition coefficient (Wildman–Crippen LogP) is 5.18. The standard InChI is InChI=1S/C33H41N5O3S/c1-4-5-9-26-18-25-8-6-7-10-27(25)31(37-26)41-16-15-38(2,3)30-14-12-23(19-33(30,40)32(34)39)17-24-11-13-28(35-20-24)29-21-42-22-36-29/h6-8,10-11,13,18,20-23,30,40H,4-5,9,12,14-17,19H2,1-3H3,(H-,34,39)/p+1/t23?,30-,33-/m0/s1. The summed E-state index contributed by atoms with van der Waals surface area (Å²) in [4.78, 5) is 26.5. The number of aryl methyl sites for hydroxylation is 1. The molecule has 1 saturated carbocycles. The summed E-state index contributed by atoms with van der Waals surface area (Å²) in [7, 11) is 4.10. The highest BCUT2D eigenvalue weighted by molar-refractivity contribution is 7.07. The molecule has 4 aromatic rings. The molecule has 9 heteroatoms. The van der Waals surface area contributed by atoms with Crippen molar-refractivity contribution in [3.05, 3.63) is 70.8 Å². The van der Waals surface area contributed by atoms with Gasteiger partial charge in [0.05, 0.1) is 31.0 Å². The van der Waals surface area contributed by atoms with Gasteiger partial charge in [0.1, 0.15) is 19.2 Å². The van der Waals surface area contributed by atoms with E-state index in [1.54, 1.807) is 16.8 Å². The van der Waals surface area contributed by atoms with Crippen LogP contribution in [0.15, 0.2) is 59.6 Å². The third kappa shape index (κ3) is 6.64. The van der Waals surface area contributed by atoms with Crippen molar-refractivity contribution >= 4 is 28.0 Å². The summed E-state index contributed by atoms with van der Waals surface area (Å²) in [5.41, 5.74) is 9.91. The summed E-state index contributed by atoms with van der Waals surface area (Å²) in [6.45, 7) is 3.19. The molecule has 1 aliphatic carbocycles. The Balaban J connectivity index is 1.24. The number of carbonyl (C=O) groups excluding carboxylic acids is 1. The quantitative estimate of drug-likeness (QED) is 0.221. The van der Waals surface area contributed by atoms with Gasteiger partial charge in [0.25, 0.3) is 5.91 Å². The third-order valence-corrected chi connectivity index (χ3v) is 9.35. The molecule has 3 atom stereocenters. The van der Waals surface area contributed by atoms with Crippen LogP contribution in [0.2, 0.25) is 0 Å². The third-order valence-electron chi connectivity index (χ3n) is 8.77. The number of likely N-dealkylation sites (N-methyl/N-ethyl adjacent to an activating group) is 1. The number of ether oxygens (including phenoxy) is 1. The van der Waals surface area contributed by atoms with Gasteiger partial charge in [-0.15, -0.1) is 11.3 Å². The van der Waals surface area contributed by atoms with Crippen LogP contribution in [0.4, 0.5) is 0 Å². The molecule has 0 radical (unpaired) electrons. The number of quaternary nitrogens is 1. The molecule has 8 nitrogen and oxygen atoms in total. The highest BCUT2D eigenvalue weighted by Crippen LogP contribution is 2.39. The number of aromatic nitrogens is 3. The molecule has 3 aromatic heterocycles.